The van der Waals surface area contributed by atoms with Crippen molar-refractivity contribution in [3.8, 4) is 0 Å². The van der Waals surface area contributed by atoms with E-state index >= 15 is 0 Å². The van der Waals surface area contributed by atoms with Crippen molar-refractivity contribution >= 4 is 18.3 Å². The van der Waals surface area contributed by atoms with Gasteiger partial charge in [0, 0.05) is 18.5 Å². The molecule has 0 aliphatic carbocycles. The third-order valence-electron chi connectivity index (χ3n) is 4.91. The molecule has 2 atom stereocenters. The zero-order valence-electron chi connectivity index (χ0n) is 12.7. The fourth-order valence-corrected chi connectivity index (χ4v) is 3.28. The van der Waals surface area contributed by atoms with Gasteiger partial charge in [-0.05, 0) is 49.5 Å². The summed E-state index contributed by atoms with van der Waals surface area (Å²) in [5, 5.41) is 3.17. The molecule has 0 spiro atoms. The molecule has 1 N–H and O–H groups in total. The summed E-state index contributed by atoms with van der Waals surface area (Å²) in [4.78, 5) is 14.4. The SMILES string of the molecule is CC(C(=O)N1CCc2c(F)cc(F)cc2C1C)C1CNC1.Cl. The third-order valence-corrected chi connectivity index (χ3v) is 4.91. The third kappa shape index (κ3) is 2.84. The van der Waals surface area contributed by atoms with Gasteiger partial charge >= 0.3 is 0 Å². The van der Waals surface area contributed by atoms with Crippen molar-refractivity contribution in [3.63, 3.8) is 0 Å². The monoisotopic (exact) mass is 330 g/mol. The summed E-state index contributed by atoms with van der Waals surface area (Å²) in [6.45, 7) is 6.03. The highest BCUT2D eigenvalue weighted by Gasteiger charge is 2.36. The maximum atomic E-state index is 13.8. The zero-order valence-corrected chi connectivity index (χ0v) is 13.6. The van der Waals surface area contributed by atoms with Crippen LogP contribution in [0.15, 0.2) is 12.1 Å². The van der Waals surface area contributed by atoms with Gasteiger partial charge in [-0.15, -0.1) is 12.4 Å². The summed E-state index contributed by atoms with van der Waals surface area (Å²) in [7, 11) is 0. The summed E-state index contributed by atoms with van der Waals surface area (Å²) in [5.41, 5.74) is 1.15. The highest BCUT2D eigenvalue weighted by atomic mass is 35.5. The minimum atomic E-state index is -0.580. The highest BCUT2D eigenvalue weighted by molar-refractivity contribution is 5.85. The van der Waals surface area contributed by atoms with Crippen LogP contribution >= 0.6 is 12.4 Å². The van der Waals surface area contributed by atoms with E-state index in [1.165, 1.54) is 6.07 Å². The largest absolute Gasteiger partial charge is 0.335 e. The van der Waals surface area contributed by atoms with E-state index < -0.39 is 11.6 Å². The molecule has 1 fully saturated rings. The zero-order chi connectivity index (χ0) is 15.1. The Morgan fingerprint density at radius 2 is 2.05 bits per heavy atom. The molecule has 3 rings (SSSR count). The second-order valence-corrected chi connectivity index (χ2v) is 6.12. The molecule has 2 aliphatic rings. The first-order valence-corrected chi connectivity index (χ1v) is 7.48. The molecule has 1 amide bonds. The summed E-state index contributed by atoms with van der Waals surface area (Å²) in [6.07, 6.45) is 0.452. The van der Waals surface area contributed by atoms with Crippen LogP contribution in [0.1, 0.15) is 31.0 Å². The van der Waals surface area contributed by atoms with Gasteiger partial charge in [0.25, 0.3) is 0 Å². The van der Waals surface area contributed by atoms with E-state index in [4.69, 9.17) is 0 Å². The molecule has 6 heteroatoms. The molecule has 2 aliphatic heterocycles. The maximum absolute atomic E-state index is 13.8. The first kappa shape index (κ1) is 17.2. The second kappa shape index (κ2) is 6.50. The Bertz CT molecular complexity index is 578. The number of fused-ring (bicyclic) bond motifs is 1. The Hall–Kier alpha value is -1.20. The first-order chi connectivity index (χ1) is 9.99. The summed E-state index contributed by atoms with van der Waals surface area (Å²) in [6, 6.07) is 2.01. The van der Waals surface area contributed by atoms with E-state index in [0.29, 0.717) is 30.0 Å². The van der Waals surface area contributed by atoms with E-state index in [1.807, 2.05) is 13.8 Å². The fourth-order valence-electron chi connectivity index (χ4n) is 3.28. The number of hydrogen-bond donors (Lipinski definition) is 1. The minimum absolute atomic E-state index is 0. The Balaban J connectivity index is 0.00000176. The highest BCUT2D eigenvalue weighted by Crippen LogP contribution is 2.33. The molecule has 0 bridgehead atoms. The maximum Gasteiger partial charge on any atom is 0.226 e. The van der Waals surface area contributed by atoms with Crippen LogP contribution in [0.4, 0.5) is 8.78 Å². The van der Waals surface area contributed by atoms with Gasteiger partial charge in [0.05, 0.1) is 6.04 Å². The molecule has 0 saturated carbocycles. The van der Waals surface area contributed by atoms with Gasteiger partial charge in [0.2, 0.25) is 5.91 Å². The topological polar surface area (TPSA) is 32.3 Å². The summed E-state index contributed by atoms with van der Waals surface area (Å²) in [5.74, 6) is -0.669. The van der Waals surface area contributed by atoms with E-state index in [0.717, 1.165) is 19.2 Å². The van der Waals surface area contributed by atoms with E-state index in [1.54, 1.807) is 4.90 Å². The van der Waals surface area contributed by atoms with Gasteiger partial charge in [0.15, 0.2) is 0 Å². The second-order valence-electron chi connectivity index (χ2n) is 6.12. The minimum Gasteiger partial charge on any atom is -0.335 e. The van der Waals surface area contributed by atoms with Gasteiger partial charge in [-0.3, -0.25) is 4.79 Å². The fraction of sp³-hybridized carbons (Fsp3) is 0.562. The molecule has 1 saturated heterocycles. The normalized spacial score (nSPS) is 22.4. The smallest absolute Gasteiger partial charge is 0.226 e. The van der Waals surface area contributed by atoms with Crippen LogP contribution in [0.25, 0.3) is 0 Å². The molecular formula is C16H21ClF2N2O. The summed E-state index contributed by atoms with van der Waals surface area (Å²) < 4.78 is 27.3. The Kier molecular flexibility index (Phi) is 5.07. The van der Waals surface area contributed by atoms with Gasteiger partial charge < -0.3 is 10.2 Å². The average Bonchev–Trinajstić information content (AvgIpc) is 2.37. The van der Waals surface area contributed by atoms with Crippen LogP contribution in [0, 0.1) is 23.5 Å². The first-order valence-electron chi connectivity index (χ1n) is 7.48. The molecule has 2 unspecified atom stereocenters. The van der Waals surface area contributed by atoms with Crippen molar-refractivity contribution < 1.29 is 13.6 Å². The van der Waals surface area contributed by atoms with Gasteiger partial charge in [-0.2, -0.15) is 0 Å². The molecule has 0 aromatic heterocycles. The van der Waals surface area contributed by atoms with Crippen molar-refractivity contribution in [3.05, 3.63) is 34.9 Å². The van der Waals surface area contributed by atoms with E-state index in [2.05, 4.69) is 5.32 Å². The van der Waals surface area contributed by atoms with Gasteiger partial charge in [0.1, 0.15) is 11.6 Å². The van der Waals surface area contributed by atoms with Gasteiger partial charge in [-0.25, -0.2) is 8.78 Å². The molecule has 22 heavy (non-hydrogen) atoms. The number of halogens is 3. The quantitative estimate of drug-likeness (QED) is 0.904. The number of carbonyl (C=O) groups excluding carboxylic acids is 1. The summed E-state index contributed by atoms with van der Waals surface area (Å²) >= 11 is 0. The molecule has 3 nitrogen and oxygen atoms in total. The molecular weight excluding hydrogens is 310 g/mol. The lowest BCUT2D eigenvalue weighted by molar-refractivity contribution is -0.140. The lowest BCUT2D eigenvalue weighted by atomic mass is 9.86. The molecule has 122 valence electrons. The number of carbonyl (C=O) groups is 1. The lowest BCUT2D eigenvalue weighted by Gasteiger charge is -2.40. The number of hydrogen-bond acceptors (Lipinski definition) is 2. The Morgan fingerprint density at radius 3 is 2.64 bits per heavy atom. The van der Waals surface area contributed by atoms with Crippen LogP contribution in [0.2, 0.25) is 0 Å². The molecule has 2 heterocycles. The van der Waals surface area contributed by atoms with Crippen molar-refractivity contribution in [2.24, 2.45) is 11.8 Å². The van der Waals surface area contributed by atoms with Crippen LogP contribution in [-0.2, 0) is 11.2 Å². The number of rotatable bonds is 2. The van der Waals surface area contributed by atoms with Crippen molar-refractivity contribution in [1.29, 1.82) is 0 Å². The van der Waals surface area contributed by atoms with Crippen LogP contribution in [0.3, 0.4) is 0 Å². The Morgan fingerprint density at radius 1 is 1.36 bits per heavy atom. The number of nitrogens with one attached hydrogen (secondary N) is 1. The van der Waals surface area contributed by atoms with Crippen molar-refractivity contribution in [2.75, 3.05) is 19.6 Å². The van der Waals surface area contributed by atoms with Crippen LogP contribution in [-0.4, -0.2) is 30.4 Å². The number of nitrogens with zero attached hydrogens (tertiary/aromatic N) is 1. The molecule has 1 aromatic carbocycles. The number of amides is 1. The van der Waals surface area contributed by atoms with Crippen LogP contribution < -0.4 is 5.32 Å². The van der Waals surface area contributed by atoms with E-state index in [-0.39, 0.29) is 30.3 Å². The number of benzene rings is 1. The van der Waals surface area contributed by atoms with E-state index in [9.17, 15) is 13.6 Å². The predicted octanol–water partition coefficient (Wildman–Crippen LogP) is 2.69. The van der Waals surface area contributed by atoms with Crippen molar-refractivity contribution in [2.45, 2.75) is 26.3 Å². The Labute approximate surface area is 135 Å². The van der Waals surface area contributed by atoms with Crippen LogP contribution in [0.5, 0.6) is 0 Å². The average molecular weight is 331 g/mol. The molecule has 0 radical (unpaired) electrons. The molecule has 1 aromatic rings. The van der Waals surface area contributed by atoms with Gasteiger partial charge in [-0.1, -0.05) is 6.92 Å². The lowest BCUT2D eigenvalue weighted by Crippen LogP contribution is -2.51. The standard InChI is InChI=1S/C16H20F2N2O.ClH/c1-9(11-7-19-8-11)16(21)20-4-3-13-14(10(20)2)5-12(17)6-15(13)18;/h5-6,9-11,19H,3-4,7-8H2,1-2H3;1H. The predicted molar refractivity (Wildman–Crippen MR) is 83.0 cm³/mol. The van der Waals surface area contributed by atoms with Crippen molar-refractivity contribution in [1.82, 2.24) is 10.2 Å².